The van der Waals surface area contributed by atoms with E-state index in [2.05, 4.69) is 13.8 Å². The van der Waals surface area contributed by atoms with Crippen molar-refractivity contribution in [2.75, 3.05) is 12.3 Å². The minimum absolute atomic E-state index is 0.00852. The summed E-state index contributed by atoms with van der Waals surface area (Å²) >= 11 is 0. The molecular formula is C36H57NO7S. The summed E-state index contributed by atoms with van der Waals surface area (Å²) in [4.78, 5) is 68.3. The maximum Gasteiger partial charge on any atom is 0.223 e. The number of hydrogen-bond acceptors (Lipinski definition) is 7. The van der Waals surface area contributed by atoms with Crippen molar-refractivity contribution in [1.29, 1.82) is 0 Å². The predicted molar refractivity (Wildman–Crippen MR) is 174 cm³/mol. The number of likely N-dealkylation sites (tertiary alicyclic amines) is 1. The van der Waals surface area contributed by atoms with E-state index in [-0.39, 0.29) is 78.4 Å². The van der Waals surface area contributed by atoms with Crippen LogP contribution in [0.3, 0.4) is 0 Å². The highest BCUT2D eigenvalue weighted by atomic mass is 32.2. The van der Waals surface area contributed by atoms with Crippen LogP contribution in [-0.2, 0) is 33.8 Å². The van der Waals surface area contributed by atoms with Crippen LogP contribution >= 0.6 is 0 Å². The second kappa shape index (κ2) is 13.7. The van der Waals surface area contributed by atoms with Gasteiger partial charge in [0.25, 0.3) is 0 Å². The molecule has 0 aromatic heterocycles. The van der Waals surface area contributed by atoms with Crippen LogP contribution in [0.15, 0.2) is 0 Å². The van der Waals surface area contributed by atoms with Gasteiger partial charge >= 0.3 is 0 Å². The van der Waals surface area contributed by atoms with Crippen LogP contribution in [0.5, 0.6) is 0 Å². The average molecular weight is 648 g/mol. The third kappa shape index (κ3) is 8.34. The van der Waals surface area contributed by atoms with Gasteiger partial charge in [0.2, 0.25) is 11.7 Å². The van der Waals surface area contributed by atoms with Crippen molar-refractivity contribution in [3.8, 4) is 0 Å². The Morgan fingerprint density at radius 3 is 2.18 bits per heavy atom. The fourth-order valence-electron chi connectivity index (χ4n) is 8.16. The minimum Gasteiger partial charge on any atom is -0.332 e. The van der Waals surface area contributed by atoms with E-state index in [0.717, 1.165) is 44.9 Å². The zero-order valence-electron chi connectivity index (χ0n) is 28.6. The smallest absolute Gasteiger partial charge is 0.223 e. The number of rotatable bonds is 17. The fourth-order valence-corrected chi connectivity index (χ4v) is 9.79. The topological polar surface area (TPSA) is 123 Å². The van der Waals surface area contributed by atoms with Crippen LogP contribution in [0.2, 0.25) is 0 Å². The van der Waals surface area contributed by atoms with Crippen molar-refractivity contribution in [2.45, 2.75) is 149 Å². The van der Waals surface area contributed by atoms with Gasteiger partial charge in [0.05, 0.1) is 16.5 Å². The summed E-state index contributed by atoms with van der Waals surface area (Å²) < 4.78 is 25.4. The maximum atomic E-state index is 13.9. The highest BCUT2D eigenvalue weighted by Gasteiger charge is 2.69. The first-order valence-corrected chi connectivity index (χ1v) is 19.2. The Hall–Kier alpha value is -1.90. The molecule has 3 saturated carbocycles. The van der Waals surface area contributed by atoms with Crippen LogP contribution in [0, 0.1) is 34.5 Å². The second-order valence-electron chi connectivity index (χ2n) is 16.5. The van der Waals surface area contributed by atoms with E-state index in [1.54, 1.807) is 25.7 Å². The molecule has 0 aromatic carbocycles. The molecule has 8 nitrogen and oxygen atoms in total. The van der Waals surface area contributed by atoms with Crippen LogP contribution in [0.1, 0.15) is 138 Å². The van der Waals surface area contributed by atoms with E-state index in [4.69, 9.17) is 0 Å². The molecule has 3 aliphatic carbocycles. The van der Waals surface area contributed by atoms with Crippen molar-refractivity contribution >= 4 is 38.9 Å². The van der Waals surface area contributed by atoms with E-state index in [9.17, 15) is 32.4 Å². The Bertz CT molecular complexity index is 1270. The molecule has 0 bridgehead atoms. The fraction of sp³-hybridized carbons (Fsp3) is 0.861. The van der Waals surface area contributed by atoms with Crippen molar-refractivity contribution in [2.24, 2.45) is 34.5 Å². The van der Waals surface area contributed by atoms with Gasteiger partial charge in [0, 0.05) is 44.6 Å². The summed E-state index contributed by atoms with van der Waals surface area (Å²) in [5.41, 5.74) is -0.664. The van der Waals surface area contributed by atoms with Gasteiger partial charge in [-0.25, -0.2) is 8.42 Å². The number of sulfone groups is 1. The first kappa shape index (κ1) is 35.9. The number of amides is 1. The lowest BCUT2D eigenvalue weighted by atomic mass is 9.72. The van der Waals surface area contributed by atoms with E-state index in [1.807, 2.05) is 6.92 Å². The number of piperidine rings is 1. The van der Waals surface area contributed by atoms with E-state index < -0.39 is 37.7 Å². The average Bonchev–Trinajstić information content (AvgIpc) is 3.80. The zero-order valence-corrected chi connectivity index (χ0v) is 29.4. The van der Waals surface area contributed by atoms with Crippen LogP contribution in [-0.4, -0.2) is 65.4 Å². The number of fused-ring (bicyclic) bond motifs is 1. The van der Waals surface area contributed by atoms with Gasteiger partial charge in [0.15, 0.2) is 21.4 Å². The van der Waals surface area contributed by atoms with Gasteiger partial charge < -0.3 is 4.90 Å². The molecule has 1 saturated heterocycles. The Morgan fingerprint density at radius 1 is 0.956 bits per heavy atom. The van der Waals surface area contributed by atoms with Gasteiger partial charge in [-0.15, -0.1) is 0 Å². The largest absolute Gasteiger partial charge is 0.332 e. The standard InChI is InChI=1S/C36H57NO7S/c1-7-8-12-25(33(42)29(40)19-24-13-14-24)20-28(39)32-31-27(35(31,5)6)22-37(32)30(41)16-15-26(38)21-36(17-10-9-11-18-36)23-45(43,44)34(2,3)4/h24-25,27,31-32H,7-23H2,1-6H3/t25-,27+,31+,32-/m1/s1. The number of hydrogen-bond donors (Lipinski definition) is 0. The quantitative estimate of drug-likeness (QED) is 0.176. The summed E-state index contributed by atoms with van der Waals surface area (Å²) in [6.45, 7) is 11.8. The van der Waals surface area contributed by atoms with E-state index >= 15 is 0 Å². The molecule has 254 valence electrons. The van der Waals surface area contributed by atoms with Gasteiger partial charge in [-0.3, -0.25) is 24.0 Å². The Balaban J connectivity index is 1.41. The molecule has 4 atom stereocenters. The molecule has 0 aromatic rings. The van der Waals surface area contributed by atoms with Crippen LogP contribution in [0.25, 0.3) is 0 Å². The molecule has 1 heterocycles. The third-order valence-electron chi connectivity index (χ3n) is 11.6. The second-order valence-corrected chi connectivity index (χ2v) is 19.3. The lowest BCUT2D eigenvalue weighted by Crippen LogP contribution is -2.46. The first-order valence-electron chi connectivity index (χ1n) is 17.6. The summed E-state index contributed by atoms with van der Waals surface area (Å²) in [5.74, 6) is -1.39. The predicted octanol–water partition coefficient (Wildman–Crippen LogP) is 6.08. The molecule has 4 fully saturated rings. The molecule has 4 aliphatic rings. The molecule has 4 rings (SSSR count). The van der Waals surface area contributed by atoms with Crippen molar-refractivity contribution in [3.63, 3.8) is 0 Å². The molecule has 1 aliphatic heterocycles. The van der Waals surface area contributed by atoms with Crippen molar-refractivity contribution in [1.82, 2.24) is 4.90 Å². The summed E-state index contributed by atoms with van der Waals surface area (Å²) in [6.07, 6.45) is 8.73. The van der Waals surface area contributed by atoms with E-state index in [0.29, 0.717) is 31.7 Å². The Morgan fingerprint density at radius 2 is 1.60 bits per heavy atom. The Kier molecular flexibility index (Phi) is 10.9. The highest BCUT2D eigenvalue weighted by Crippen LogP contribution is 2.65. The summed E-state index contributed by atoms with van der Waals surface area (Å²) in [6, 6.07) is -0.635. The molecule has 9 heteroatoms. The third-order valence-corrected chi connectivity index (χ3v) is 14.4. The molecule has 45 heavy (non-hydrogen) atoms. The number of ketones is 4. The molecule has 0 spiro atoms. The monoisotopic (exact) mass is 647 g/mol. The number of nitrogens with zero attached hydrogens (tertiary/aromatic N) is 1. The number of Topliss-reactive ketones (excluding diaryl/α,β-unsaturated/α-hetero) is 4. The van der Waals surface area contributed by atoms with Crippen LogP contribution in [0.4, 0.5) is 0 Å². The number of carbonyl (C=O) groups is 5. The van der Waals surface area contributed by atoms with E-state index in [1.165, 1.54) is 0 Å². The highest BCUT2D eigenvalue weighted by molar-refractivity contribution is 7.92. The SMILES string of the molecule is CCCC[C@H](CC(=O)[C@@H]1[C@@H]2[C@H](CN1C(=O)CCC(=O)CC1(CS(=O)(=O)C(C)(C)C)CCCCC1)C2(C)C)C(=O)C(=O)CC1CC1. The summed E-state index contributed by atoms with van der Waals surface area (Å²) in [7, 11) is -3.42. The summed E-state index contributed by atoms with van der Waals surface area (Å²) in [5, 5.41) is 0. The number of unbranched alkanes of at least 4 members (excludes halogenated alkanes) is 1. The zero-order chi connectivity index (χ0) is 33.4. The molecular weight excluding hydrogens is 590 g/mol. The molecule has 1 amide bonds. The first-order chi connectivity index (χ1) is 20.9. The van der Waals surface area contributed by atoms with Gasteiger partial charge in [-0.1, -0.05) is 52.9 Å². The molecule has 0 radical (unpaired) electrons. The van der Waals surface area contributed by atoms with Gasteiger partial charge in [0.1, 0.15) is 5.78 Å². The van der Waals surface area contributed by atoms with Gasteiger partial charge in [-0.2, -0.15) is 0 Å². The minimum atomic E-state index is -3.42. The van der Waals surface area contributed by atoms with Crippen molar-refractivity contribution < 1.29 is 32.4 Å². The Labute approximate surface area is 271 Å². The van der Waals surface area contributed by atoms with Crippen molar-refractivity contribution in [3.05, 3.63) is 0 Å². The maximum absolute atomic E-state index is 13.9. The lowest BCUT2D eigenvalue weighted by Gasteiger charge is -2.38. The normalized spacial score (nSPS) is 26.2. The lowest BCUT2D eigenvalue weighted by molar-refractivity contribution is -0.143. The molecule has 0 unspecified atom stereocenters. The van der Waals surface area contributed by atoms with Gasteiger partial charge in [-0.05, 0) is 81.5 Å². The van der Waals surface area contributed by atoms with Crippen LogP contribution < -0.4 is 0 Å². The number of carbonyl (C=O) groups excluding carboxylic acids is 5. The molecule has 0 N–H and O–H groups in total.